The van der Waals surface area contributed by atoms with Crippen LogP contribution in [0.5, 0.6) is 0 Å². The van der Waals surface area contributed by atoms with Crippen molar-refractivity contribution in [2.75, 3.05) is 0 Å². The largest absolute Gasteiger partial charge is 0.402 e. The van der Waals surface area contributed by atoms with Gasteiger partial charge in [0, 0.05) is 0 Å². The highest BCUT2D eigenvalue weighted by atomic mass is 35.5. The lowest BCUT2D eigenvalue weighted by atomic mass is 9.93. The maximum atomic E-state index is 12.6. The summed E-state index contributed by atoms with van der Waals surface area (Å²) in [5.74, 6) is -3.41. The molecule has 120 valence electrons. The summed E-state index contributed by atoms with van der Waals surface area (Å²) in [6.45, 7) is 3.85. The summed E-state index contributed by atoms with van der Waals surface area (Å²) in [5.41, 5.74) is 0.657. The monoisotopic (exact) mass is 332 g/mol. The Kier molecular flexibility index (Phi) is 5.58. The molecule has 2 unspecified atom stereocenters. The van der Waals surface area contributed by atoms with Crippen LogP contribution in [0.3, 0.4) is 0 Å². The number of halogens is 7. The van der Waals surface area contributed by atoms with E-state index >= 15 is 0 Å². The molecular weight excluding hydrogens is 318 g/mol. The number of benzene rings is 1. The minimum atomic E-state index is -5.44. The molecule has 2 atom stereocenters. The SMILES string of the molecule is CCC(C)c1ccc(C(Cl)C(C(F)(F)F)C(F)(F)F)cc1. The van der Waals surface area contributed by atoms with Crippen LogP contribution < -0.4 is 0 Å². The molecule has 0 N–H and O–H groups in total. The fraction of sp³-hybridized carbons (Fsp3) is 0.571. The van der Waals surface area contributed by atoms with Gasteiger partial charge in [-0.1, -0.05) is 38.1 Å². The molecule has 0 aliphatic heterocycles. The Hall–Kier alpha value is -0.910. The van der Waals surface area contributed by atoms with Crippen molar-refractivity contribution in [3.63, 3.8) is 0 Å². The maximum absolute atomic E-state index is 12.6. The molecule has 0 amide bonds. The van der Waals surface area contributed by atoms with Gasteiger partial charge in [0.05, 0.1) is 5.38 Å². The van der Waals surface area contributed by atoms with E-state index in [1.807, 2.05) is 13.8 Å². The van der Waals surface area contributed by atoms with Gasteiger partial charge >= 0.3 is 12.4 Å². The van der Waals surface area contributed by atoms with Crippen molar-refractivity contribution in [1.29, 1.82) is 0 Å². The van der Waals surface area contributed by atoms with Gasteiger partial charge in [-0.15, -0.1) is 11.6 Å². The van der Waals surface area contributed by atoms with Gasteiger partial charge in [-0.05, 0) is 23.5 Å². The van der Waals surface area contributed by atoms with E-state index in [0.29, 0.717) is 0 Å². The van der Waals surface area contributed by atoms with E-state index < -0.39 is 23.6 Å². The Balaban J connectivity index is 3.08. The third-order valence-electron chi connectivity index (χ3n) is 3.43. The van der Waals surface area contributed by atoms with Crippen LogP contribution in [0.1, 0.15) is 42.7 Å². The van der Waals surface area contributed by atoms with Crippen LogP contribution in [-0.4, -0.2) is 12.4 Å². The molecular formula is C14H15ClF6. The van der Waals surface area contributed by atoms with Gasteiger partial charge in [-0.25, -0.2) is 0 Å². The average Bonchev–Trinajstić information content (AvgIpc) is 2.34. The molecule has 0 saturated heterocycles. The van der Waals surface area contributed by atoms with Crippen molar-refractivity contribution >= 4 is 11.6 Å². The summed E-state index contributed by atoms with van der Waals surface area (Å²) in [4.78, 5) is 0. The molecule has 0 fully saturated rings. The van der Waals surface area contributed by atoms with Crippen molar-refractivity contribution in [2.45, 2.75) is 43.9 Å². The van der Waals surface area contributed by atoms with Gasteiger partial charge in [-0.2, -0.15) is 26.3 Å². The Morgan fingerprint density at radius 2 is 1.29 bits per heavy atom. The standard InChI is InChI=1S/C14H15ClF6/c1-3-8(2)9-4-6-10(7-5-9)11(15)12(13(16,17)18)14(19,20)21/h4-8,11-12H,3H2,1-2H3. The molecule has 0 bridgehead atoms. The summed E-state index contributed by atoms with van der Waals surface area (Å²) in [7, 11) is 0. The lowest BCUT2D eigenvalue weighted by Crippen LogP contribution is -2.39. The predicted molar refractivity (Wildman–Crippen MR) is 69.3 cm³/mol. The zero-order valence-electron chi connectivity index (χ0n) is 11.4. The van der Waals surface area contributed by atoms with Crippen molar-refractivity contribution < 1.29 is 26.3 Å². The minimum absolute atomic E-state index is 0.175. The first-order valence-electron chi connectivity index (χ1n) is 6.35. The van der Waals surface area contributed by atoms with Crippen LogP contribution in [0.25, 0.3) is 0 Å². The Bertz CT molecular complexity index is 434. The van der Waals surface area contributed by atoms with E-state index in [1.54, 1.807) is 0 Å². The van der Waals surface area contributed by atoms with E-state index in [-0.39, 0.29) is 11.5 Å². The van der Waals surface area contributed by atoms with Gasteiger partial charge < -0.3 is 0 Å². The van der Waals surface area contributed by atoms with Gasteiger partial charge in [0.25, 0.3) is 0 Å². The summed E-state index contributed by atoms with van der Waals surface area (Å²) >= 11 is 5.47. The van der Waals surface area contributed by atoms with Gasteiger partial charge in [0.1, 0.15) is 0 Å². The van der Waals surface area contributed by atoms with Crippen LogP contribution >= 0.6 is 11.6 Å². The average molecular weight is 333 g/mol. The first kappa shape index (κ1) is 18.1. The molecule has 0 aromatic heterocycles. The highest BCUT2D eigenvalue weighted by Crippen LogP contribution is 2.49. The molecule has 0 saturated carbocycles. The van der Waals surface area contributed by atoms with Crippen molar-refractivity contribution in [2.24, 2.45) is 5.92 Å². The van der Waals surface area contributed by atoms with Crippen LogP contribution in [0.4, 0.5) is 26.3 Å². The maximum Gasteiger partial charge on any atom is 0.402 e. The first-order chi connectivity index (χ1) is 9.48. The molecule has 0 nitrogen and oxygen atoms in total. The van der Waals surface area contributed by atoms with Crippen LogP contribution in [0.2, 0.25) is 0 Å². The van der Waals surface area contributed by atoms with Gasteiger partial charge in [-0.3, -0.25) is 0 Å². The summed E-state index contributed by atoms with van der Waals surface area (Å²) in [5, 5.41) is -2.20. The zero-order valence-corrected chi connectivity index (χ0v) is 12.2. The lowest BCUT2D eigenvalue weighted by molar-refractivity contribution is -0.284. The highest BCUT2D eigenvalue weighted by Gasteiger charge is 2.60. The number of hydrogen-bond acceptors (Lipinski definition) is 0. The number of rotatable bonds is 4. The summed E-state index contributed by atoms with van der Waals surface area (Å²) in [6.07, 6.45) is -10.1. The second-order valence-corrected chi connectivity index (χ2v) is 5.41. The molecule has 0 aliphatic carbocycles. The molecule has 0 aliphatic rings. The smallest absolute Gasteiger partial charge is 0.170 e. The van der Waals surface area contributed by atoms with Crippen molar-refractivity contribution in [3.05, 3.63) is 35.4 Å². The molecule has 1 aromatic carbocycles. The lowest BCUT2D eigenvalue weighted by Gasteiger charge is -2.27. The minimum Gasteiger partial charge on any atom is -0.170 e. The van der Waals surface area contributed by atoms with E-state index in [2.05, 4.69) is 0 Å². The van der Waals surface area contributed by atoms with Crippen LogP contribution in [-0.2, 0) is 0 Å². The first-order valence-corrected chi connectivity index (χ1v) is 6.79. The van der Waals surface area contributed by atoms with Gasteiger partial charge in [0.15, 0.2) is 5.92 Å². The Morgan fingerprint density at radius 3 is 1.62 bits per heavy atom. The summed E-state index contributed by atoms with van der Waals surface area (Å²) < 4.78 is 75.7. The van der Waals surface area contributed by atoms with Crippen LogP contribution in [0, 0.1) is 5.92 Å². The summed E-state index contributed by atoms with van der Waals surface area (Å²) in [6, 6.07) is 5.48. The second-order valence-electron chi connectivity index (χ2n) is 4.94. The Morgan fingerprint density at radius 1 is 0.905 bits per heavy atom. The van der Waals surface area contributed by atoms with Gasteiger partial charge in [0.2, 0.25) is 0 Å². The van der Waals surface area contributed by atoms with Crippen LogP contribution in [0.15, 0.2) is 24.3 Å². The van der Waals surface area contributed by atoms with Crippen molar-refractivity contribution in [1.82, 2.24) is 0 Å². The quantitative estimate of drug-likeness (QED) is 0.453. The molecule has 0 heterocycles. The highest BCUT2D eigenvalue weighted by molar-refractivity contribution is 6.21. The molecule has 0 radical (unpaired) electrons. The normalized spacial score (nSPS) is 16.1. The molecule has 7 heteroatoms. The van der Waals surface area contributed by atoms with E-state index in [0.717, 1.165) is 12.0 Å². The molecule has 21 heavy (non-hydrogen) atoms. The third-order valence-corrected chi connectivity index (χ3v) is 3.94. The fourth-order valence-corrected chi connectivity index (χ4v) is 2.39. The zero-order chi connectivity index (χ0) is 16.4. The molecule has 1 aromatic rings. The van der Waals surface area contributed by atoms with E-state index in [4.69, 9.17) is 11.6 Å². The Labute approximate surface area is 124 Å². The number of alkyl halides is 7. The van der Waals surface area contributed by atoms with E-state index in [9.17, 15) is 26.3 Å². The number of hydrogen-bond donors (Lipinski definition) is 0. The fourth-order valence-electron chi connectivity index (χ4n) is 1.95. The van der Waals surface area contributed by atoms with Crippen molar-refractivity contribution in [3.8, 4) is 0 Å². The second kappa shape index (κ2) is 6.46. The molecule has 1 rings (SSSR count). The topological polar surface area (TPSA) is 0 Å². The molecule has 0 spiro atoms. The predicted octanol–water partition coefficient (Wildman–Crippen LogP) is 6.22. The third kappa shape index (κ3) is 4.53. The van der Waals surface area contributed by atoms with E-state index in [1.165, 1.54) is 24.3 Å².